The van der Waals surface area contributed by atoms with Crippen molar-refractivity contribution in [2.75, 3.05) is 22.9 Å². The van der Waals surface area contributed by atoms with Gasteiger partial charge in [-0.05, 0) is 24.1 Å². The summed E-state index contributed by atoms with van der Waals surface area (Å²) in [5.74, 6) is -0.0683. The molecule has 8 nitrogen and oxygen atoms in total. The summed E-state index contributed by atoms with van der Waals surface area (Å²) < 4.78 is 41.1. The fourth-order valence-corrected chi connectivity index (χ4v) is 3.85. The van der Waals surface area contributed by atoms with E-state index in [1.165, 1.54) is 34.7 Å². The molecule has 0 spiro atoms. The van der Waals surface area contributed by atoms with Gasteiger partial charge in [-0.2, -0.15) is 18.3 Å². The molecule has 0 unspecified atom stereocenters. The van der Waals surface area contributed by atoms with Crippen LogP contribution in [0.5, 0.6) is 0 Å². The van der Waals surface area contributed by atoms with Crippen LogP contribution in [-0.4, -0.2) is 43.2 Å². The van der Waals surface area contributed by atoms with Crippen molar-refractivity contribution in [1.29, 1.82) is 0 Å². The first-order valence-electron chi connectivity index (χ1n) is 8.78. The summed E-state index contributed by atoms with van der Waals surface area (Å²) in [6.45, 7) is 4.88. The third kappa shape index (κ3) is 5.92. The van der Waals surface area contributed by atoms with E-state index in [9.17, 15) is 18.0 Å². The Morgan fingerprint density at radius 3 is 2.77 bits per heavy atom. The SMILES string of the molecule is CC(C)CNc1nnc(SCC(=O)Nc2cc(C(F)(F)F)ccc2-n2cncn2)s1. The van der Waals surface area contributed by atoms with Gasteiger partial charge in [0.05, 0.1) is 22.7 Å². The standard InChI is InChI=1S/C17H18F3N7OS2/c1-10(2)6-22-15-25-26-16(30-15)29-7-14(28)24-12-5-11(17(18,19)20)3-4-13(12)27-9-21-8-23-27/h3-5,8-10H,6-7H2,1-2H3,(H,22,25)(H,24,28). The van der Waals surface area contributed by atoms with E-state index >= 15 is 0 Å². The van der Waals surface area contributed by atoms with Crippen molar-refractivity contribution >= 4 is 39.8 Å². The molecule has 1 amide bonds. The Balaban J connectivity index is 1.68. The van der Waals surface area contributed by atoms with Crippen molar-refractivity contribution in [1.82, 2.24) is 25.0 Å². The number of anilines is 2. The lowest BCUT2D eigenvalue weighted by atomic mass is 10.1. The lowest BCUT2D eigenvalue weighted by molar-refractivity contribution is -0.137. The predicted molar refractivity (Wildman–Crippen MR) is 109 cm³/mol. The number of thioether (sulfide) groups is 1. The van der Waals surface area contributed by atoms with Crippen LogP contribution in [0.3, 0.4) is 0 Å². The van der Waals surface area contributed by atoms with Crippen LogP contribution >= 0.6 is 23.1 Å². The van der Waals surface area contributed by atoms with Crippen LogP contribution in [0.4, 0.5) is 24.0 Å². The van der Waals surface area contributed by atoms with E-state index < -0.39 is 17.6 Å². The molecule has 0 saturated heterocycles. The zero-order valence-electron chi connectivity index (χ0n) is 16.0. The minimum absolute atomic E-state index is 0.0162. The molecule has 13 heteroatoms. The second kappa shape index (κ2) is 9.43. The summed E-state index contributed by atoms with van der Waals surface area (Å²) >= 11 is 2.46. The van der Waals surface area contributed by atoms with Gasteiger partial charge in [0.25, 0.3) is 0 Å². The highest BCUT2D eigenvalue weighted by molar-refractivity contribution is 8.01. The van der Waals surface area contributed by atoms with E-state index in [0.717, 1.165) is 30.4 Å². The molecule has 160 valence electrons. The van der Waals surface area contributed by atoms with Crippen LogP contribution in [0.2, 0.25) is 0 Å². The van der Waals surface area contributed by atoms with Crippen LogP contribution in [0.15, 0.2) is 35.2 Å². The fourth-order valence-electron chi connectivity index (χ4n) is 2.29. The van der Waals surface area contributed by atoms with Crippen LogP contribution in [0.1, 0.15) is 19.4 Å². The van der Waals surface area contributed by atoms with Crippen LogP contribution in [0.25, 0.3) is 5.69 Å². The summed E-state index contributed by atoms with van der Waals surface area (Å²) in [4.78, 5) is 16.2. The molecule has 3 rings (SSSR count). The number of benzene rings is 1. The number of hydrogen-bond acceptors (Lipinski definition) is 8. The highest BCUT2D eigenvalue weighted by Crippen LogP contribution is 2.33. The Labute approximate surface area is 178 Å². The average molecular weight is 458 g/mol. The lowest BCUT2D eigenvalue weighted by Crippen LogP contribution is -2.17. The maximum Gasteiger partial charge on any atom is 0.416 e. The first-order valence-corrected chi connectivity index (χ1v) is 10.6. The number of carbonyl (C=O) groups excluding carboxylic acids is 1. The summed E-state index contributed by atoms with van der Waals surface area (Å²) in [5, 5.41) is 18.2. The number of rotatable bonds is 8. The fraction of sp³-hybridized carbons (Fsp3) is 0.353. The van der Waals surface area contributed by atoms with Crippen molar-refractivity contribution in [3.05, 3.63) is 36.4 Å². The second-order valence-electron chi connectivity index (χ2n) is 6.55. The largest absolute Gasteiger partial charge is 0.416 e. The summed E-state index contributed by atoms with van der Waals surface area (Å²) in [6, 6.07) is 3.03. The molecule has 1 aromatic carbocycles. The van der Waals surface area contributed by atoms with Crippen molar-refractivity contribution in [2.24, 2.45) is 5.92 Å². The number of nitrogens with one attached hydrogen (secondary N) is 2. The Bertz CT molecular complexity index is 990. The van der Waals surface area contributed by atoms with E-state index in [2.05, 4.69) is 44.8 Å². The first-order chi connectivity index (χ1) is 14.2. The molecule has 3 aromatic rings. The Morgan fingerprint density at radius 1 is 1.30 bits per heavy atom. The highest BCUT2D eigenvalue weighted by Gasteiger charge is 2.31. The highest BCUT2D eigenvalue weighted by atomic mass is 32.2. The van der Waals surface area contributed by atoms with Crippen LogP contribution in [0, 0.1) is 5.92 Å². The number of carbonyl (C=O) groups is 1. The number of halogens is 3. The van der Waals surface area contributed by atoms with E-state index in [1.807, 2.05) is 0 Å². The molecule has 0 bridgehead atoms. The Kier molecular flexibility index (Phi) is 6.92. The van der Waals surface area contributed by atoms with Gasteiger partial charge in [-0.25, -0.2) is 9.67 Å². The minimum atomic E-state index is -4.54. The molecule has 0 atom stereocenters. The van der Waals surface area contributed by atoms with E-state index in [4.69, 9.17) is 0 Å². The number of amides is 1. The van der Waals surface area contributed by atoms with Gasteiger partial charge in [-0.3, -0.25) is 4.79 Å². The molecule has 0 radical (unpaired) electrons. The zero-order chi connectivity index (χ0) is 21.7. The minimum Gasteiger partial charge on any atom is -0.360 e. The number of nitrogens with zero attached hydrogens (tertiary/aromatic N) is 5. The molecular formula is C17H18F3N7OS2. The normalized spacial score (nSPS) is 11.7. The predicted octanol–water partition coefficient (Wildman–Crippen LogP) is 3.94. The number of hydrogen-bond donors (Lipinski definition) is 2. The maximum atomic E-state index is 13.1. The third-order valence-corrected chi connectivity index (χ3v) is 5.67. The molecule has 2 aromatic heterocycles. The van der Waals surface area contributed by atoms with Crippen molar-refractivity contribution in [3.63, 3.8) is 0 Å². The number of alkyl halides is 3. The summed E-state index contributed by atoms with van der Waals surface area (Å²) in [6.07, 6.45) is -1.96. The van der Waals surface area contributed by atoms with Crippen LogP contribution < -0.4 is 10.6 Å². The van der Waals surface area contributed by atoms with E-state index in [1.54, 1.807) is 0 Å². The quantitative estimate of drug-likeness (QED) is 0.495. The van der Waals surface area contributed by atoms with Crippen molar-refractivity contribution in [3.8, 4) is 5.69 Å². The molecule has 0 aliphatic carbocycles. The van der Waals surface area contributed by atoms with Gasteiger partial charge in [-0.15, -0.1) is 10.2 Å². The lowest BCUT2D eigenvalue weighted by Gasteiger charge is -2.14. The topological polar surface area (TPSA) is 97.6 Å². The molecule has 0 aliphatic heterocycles. The Morgan fingerprint density at radius 2 is 2.10 bits per heavy atom. The molecule has 0 saturated carbocycles. The van der Waals surface area contributed by atoms with Gasteiger partial charge < -0.3 is 10.6 Å². The van der Waals surface area contributed by atoms with E-state index in [0.29, 0.717) is 15.4 Å². The first kappa shape index (κ1) is 22.0. The van der Waals surface area contributed by atoms with Crippen LogP contribution in [-0.2, 0) is 11.0 Å². The van der Waals surface area contributed by atoms with Crippen molar-refractivity contribution in [2.45, 2.75) is 24.4 Å². The average Bonchev–Trinajstić information content (AvgIpc) is 3.36. The second-order valence-corrected chi connectivity index (χ2v) is 8.75. The van der Waals surface area contributed by atoms with Gasteiger partial charge in [0.2, 0.25) is 11.0 Å². The van der Waals surface area contributed by atoms with Gasteiger partial charge in [-0.1, -0.05) is 36.9 Å². The maximum absolute atomic E-state index is 13.1. The van der Waals surface area contributed by atoms with Gasteiger partial charge in [0, 0.05) is 6.54 Å². The summed E-state index contributed by atoms with van der Waals surface area (Å²) in [7, 11) is 0. The van der Waals surface area contributed by atoms with Crippen molar-refractivity contribution < 1.29 is 18.0 Å². The third-order valence-electron chi connectivity index (χ3n) is 3.66. The van der Waals surface area contributed by atoms with E-state index in [-0.39, 0.29) is 17.1 Å². The van der Waals surface area contributed by atoms with Gasteiger partial charge in [0.15, 0.2) is 4.34 Å². The molecule has 2 N–H and O–H groups in total. The molecular weight excluding hydrogens is 439 g/mol. The molecule has 0 fully saturated rings. The molecule has 30 heavy (non-hydrogen) atoms. The monoisotopic (exact) mass is 457 g/mol. The zero-order valence-corrected chi connectivity index (χ0v) is 17.6. The molecule has 0 aliphatic rings. The smallest absolute Gasteiger partial charge is 0.360 e. The summed E-state index contributed by atoms with van der Waals surface area (Å²) in [5.41, 5.74) is -0.619. The van der Waals surface area contributed by atoms with Gasteiger partial charge >= 0.3 is 6.18 Å². The van der Waals surface area contributed by atoms with Gasteiger partial charge in [0.1, 0.15) is 12.7 Å². The molecule has 2 heterocycles. The Hall–Kier alpha value is -2.67. The number of aromatic nitrogens is 5.